The summed E-state index contributed by atoms with van der Waals surface area (Å²) in [5.74, 6) is -0.606. The Morgan fingerprint density at radius 2 is 1.83 bits per heavy atom. The number of rotatable bonds is 6. The topological polar surface area (TPSA) is 84.9 Å². The molecule has 0 unspecified atom stereocenters. The van der Waals surface area contributed by atoms with Crippen LogP contribution in [0.3, 0.4) is 0 Å². The second-order valence-corrected chi connectivity index (χ2v) is 6.38. The van der Waals surface area contributed by atoms with Gasteiger partial charge in [-0.05, 0) is 48.0 Å². The van der Waals surface area contributed by atoms with E-state index in [1.54, 1.807) is 36.4 Å². The van der Waals surface area contributed by atoms with Crippen LogP contribution < -0.4 is 19.7 Å². The largest absolute Gasteiger partial charge is 0.493 e. The maximum absolute atomic E-state index is 12.9. The number of anilines is 1. The summed E-state index contributed by atoms with van der Waals surface area (Å²) in [5.41, 5.74) is 0.624. The van der Waals surface area contributed by atoms with Gasteiger partial charge in [-0.2, -0.15) is 0 Å². The van der Waals surface area contributed by atoms with Crippen molar-refractivity contribution < 1.29 is 23.9 Å². The van der Waals surface area contributed by atoms with Crippen molar-refractivity contribution in [1.29, 1.82) is 0 Å². The van der Waals surface area contributed by atoms with Crippen molar-refractivity contribution in [1.82, 2.24) is 5.32 Å². The number of hydrogen-bond donors (Lipinski definition) is 1. The lowest BCUT2D eigenvalue weighted by atomic mass is 10.1. The number of barbiturate groups is 1. The van der Waals surface area contributed by atoms with Crippen LogP contribution in [0.15, 0.2) is 60.7 Å². The molecule has 1 aliphatic rings. The predicted molar refractivity (Wildman–Crippen MR) is 109 cm³/mol. The van der Waals surface area contributed by atoms with E-state index in [0.717, 1.165) is 4.90 Å². The van der Waals surface area contributed by atoms with Gasteiger partial charge < -0.3 is 9.47 Å². The van der Waals surface area contributed by atoms with Gasteiger partial charge in [0.1, 0.15) is 12.2 Å². The van der Waals surface area contributed by atoms with Crippen LogP contribution in [0, 0.1) is 0 Å². The Hall–Kier alpha value is -3.58. The molecule has 0 radical (unpaired) electrons. The van der Waals surface area contributed by atoms with E-state index in [0.29, 0.717) is 34.4 Å². The molecule has 7 nitrogen and oxygen atoms in total. The summed E-state index contributed by atoms with van der Waals surface area (Å²) in [6.07, 6.45) is 2.98. The van der Waals surface area contributed by atoms with Gasteiger partial charge in [-0.3, -0.25) is 14.9 Å². The molecule has 2 aromatic rings. The summed E-state index contributed by atoms with van der Waals surface area (Å²) >= 11 is 5.86. The minimum atomic E-state index is -0.828. The number of amides is 4. The van der Waals surface area contributed by atoms with Crippen molar-refractivity contribution >= 4 is 41.2 Å². The van der Waals surface area contributed by atoms with Crippen molar-refractivity contribution in [3.05, 3.63) is 71.3 Å². The molecule has 0 spiro atoms. The average Bonchev–Trinajstić information content (AvgIpc) is 2.71. The van der Waals surface area contributed by atoms with E-state index in [-0.39, 0.29) is 5.57 Å². The third-order valence-corrected chi connectivity index (χ3v) is 4.29. The zero-order valence-electron chi connectivity index (χ0n) is 15.5. The maximum Gasteiger partial charge on any atom is 0.335 e. The van der Waals surface area contributed by atoms with Crippen LogP contribution in [0.1, 0.15) is 5.56 Å². The Morgan fingerprint density at radius 3 is 2.48 bits per heavy atom. The number of hydrogen-bond acceptors (Lipinski definition) is 5. The monoisotopic (exact) mass is 412 g/mol. The average molecular weight is 413 g/mol. The molecule has 1 N–H and O–H groups in total. The van der Waals surface area contributed by atoms with E-state index in [1.807, 2.05) is 0 Å². The molecular formula is C21H17ClN2O5. The van der Waals surface area contributed by atoms with E-state index >= 15 is 0 Å². The minimum absolute atomic E-state index is 0.193. The Labute approximate surface area is 172 Å². The number of halogens is 1. The van der Waals surface area contributed by atoms with Gasteiger partial charge in [0.15, 0.2) is 11.5 Å². The van der Waals surface area contributed by atoms with Gasteiger partial charge in [-0.25, -0.2) is 9.69 Å². The summed E-state index contributed by atoms with van der Waals surface area (Å²) < 4.78 is 10.8. The lowest BCUT2D eigenvalue weighted by molar-refractivity contribution is -0.122. The van der Waals surface area contributed by atoms with Gasteiger partial charge in [-0.1, -0.05) is 30.3 Å². The fourth-order valence-electron chi connectivity index (χ4n) is 2.69. The molecule has 0 aliphatic carbocycles. The van der Waals surface area contributed by atoms with Crippen LogP contribution in [0.4, 0.5) is 10.5 Å². The van der Waals surface area contributed by atoms with Crippen LogP contribution in [-0.4, -0.2) is 31.6 Å². The highest BCUT2D eigenvalue weighted by Gasteiger charge is 2.36. The molecule has 1 fully saturated rings. The quantitative estimate of drug-likeness (QED) is 0.445. The van der Waals surface area contributed by atoms with Gasteiger partial charge >= 0.3 is 6.03 Å². The molecule has 1 heterocycles. The molecule has 4 amide bonds. The minimum Gasteiger partial charge on any atom is -0.493 e. The van der Waals surface area contributed by atoms with Crippen LogP contribution in [-0.2, 0) is 9.59 Å². The molecule has 0 atom stereocenters. The number of ether oxygens (including phenoxy) is 2. The van der Waals surface area contributed by atoms with E-state index in [2.05, 4.69) is 11.9 Å². The third-order valence-electron chi connectivity index (χ3n) is 4.04. The van der Waals surface area contributed by atoms with Crippen molar-refractivity contribution in [2.75, 3.05) is 18.6 Å². The molecule has 148 valence electrons. The Balaban J connectivity index is 1.96. The molecule has 3 rings (SSSR count). The van der Waals surface area contributed by atoms with Crippen molar-refractivity contribution in [2.45, 2.75) is 0 Å². The Bertz CT molecular complexity index is 1010. The highest BCUT2D eigenvalue weighted by Crippen LogP contribution is 2.30. The highest BCUT2D eigenvalue weighted by molar-refractivity contribution is 6.39. The van der Waals surface area contributed by atoms with Gasteiger partial charge in [0.2, 0.25) is 0 Å². The van der Waals surface area contributed by atoms with Crippen LogP contribution in [0.25, 0.3) is 6.08 Å². The number of methoxy groups -OCH3 is 1. The van der Waals surface area contributed by atoms with Crippen LogP contribution >= 0.6 is 11.6 Å². The van der Waals surface area contributed by atoms with Crippen LogP contribution in [0.2, 0.25) is 5.02 Å². The van der Waals surface area contributed by atoms with Gasteiger partial charge in [-0.15, -0.1) is 0 Å². The lowest BCUT2D eigenvalue weighted by Gasteiger charge is -2.26. The second kappa shape index (κ2) is 8.62. The predicted octanol–water partition coefficient (Wildman–Crippen LogP) is 3.58. The van der Waals surface area contributed by atoms with E-state index in [9.17, 15) is 14.4 Å². The van der Waals surface area contributed by atoms with Gasteiger partial charge in [0, 0.05) is 5.02 Å². The first-order valence-electron chi connectivity index (χ1n) is 8.53. The second-order valence-electron chi connectivity index (χ2n) is 5.94. The number of nitrogens with zero attached hydrogens (tertiary/aromatic N) is 1. The summed E-state index contributed by atoms with van der Waals surface area (Å²) in [4.78, 5) is 38.2. The van der Waals surface area contributed by atoms with E-state index in [4.69, 9.17) is 21.1 Å². The normalized spacial score (nSPS) is 15.3. The highest BCUT2D eigenvalue weighted by atomic mass is 35.5. The van der Waals surface area contributed by atoms with Crippen molar-refractivity contribution in [2.24, 2.45) is 0 Å². The number of nitrogens with one attached hydrogen (secondary N) is 1. The molecular weight excluding hydrogens is 396 g/mol. The zero-order valence-corrected chi connectivity index (χ0v) is 16.2. The number of carbonyl (C=O) groups is 3. The maximum atomic E-state index is 12.9. The molecule has 1 saturated heterocycles. The first-order chi connectivity index (χ1) is 13.9. The molecule has 0 bridgehead atoms. The fourth-order valence-corrected chi connectivity index (χ4v) is 2.82. The van der Waals surface area contributed by atoms with Crippen LogP contribution in [0.5, 0.6) is 11.5 Å². The Morgan fingerprint density at radius 1 is 1.10 bits per heavy atom. The summed E-state index contributed by atoms with van der Waals surface area (Å²) in [6, 6.07) is 10.2. The lowest BCUT2D eigenvalue weighted by Crippen LogP contribution is -2.54. The summed E-state index contributed by atoms with van der Waals surface area (Å²) in [5, 5.41) is 2.62. The zero-order chi connectivity index (χ0) is 21.0. The smallest absolute Gasteiger partial charge is 0.335 e. The molecule has 0 saturated carbocycles. The molecule has 1 aliphatic heterocycles. The van der Waals surface area contributed by atoms with E-state index in [1.165, 1.54) is 25.3 Å². The first-order valence-corrected chi connectivity index (χ1v) is 8.91. The molecule has 2 aromatic carbocycles. The van der Waals surface area contributed by atoms with Gasteiger partial charge in [0.25, 0.3) is 11.8 Å². The molecule has 29 heavy (non-hydrogen) atoms. The SMILES string of the molecule is C=CCOc1ccc(/C=C2/C(=O)NC(=O)N(c3ccc(Cl)cc3)C2=O)cc1OC. The van der Waals surface area contributed by atoms with E-state index < -0.39 is 17.8 Å². The molecule has 8 heteroatoms. The summed E-state index contributed by atoms with van der Waals surface area (Å²) in [7, 11) is 1.48. The van der Waals surface area contributed by atoms with Crippen molar-refractivity contribution in [3.8, 4) is 11.5 Å². The standard InChI is InChI=1S/C21H17ClN2O5/c1-3-10-29-17-9-4-13(12-18(17)28-2)11-16-19(25)23-21(27)24(20(16)26)15-7-5-14(22)6-8-15/h3-9,11-12H,1,10H2,2H3,(H,23,25,27)/b16-11-. The number of carbonyl (C=O) groups excluding carboxylic acids is 3. The number of urea groups is 1. The fraction of sp³-hybridized carbons (Fsp3) is 0.0952. The Kier molecular flexibility index (Phi) is 5.99. The number of imide groups is 2. The number of benzene rings is 2. The van der Waals surface area contributed by atoms with Gasteiger partial charge in [0.05, 0.1) is 12.8 Å². The summed E-state index contributed by atoms with van der Waals surface area (Å²) in [6.45, 7) is 3.89. The van der Waals surface area contributed by atoms with Crippen molar-refractivity contribution in [3.63, 3.8) is 0 Å². The first kappa shape index (κ1) is 20.2. The third kappa shape index (κ3) is 4.30. The molecule has 0 aromatic heterocycles.